The van der Waals surface area contributed by atoms with Crippen LogP contribution in [-0.4, -0.2) is 7.32 Å². The zero-order chi connectivity index (χ0) is 10.9. The second-order valence-corrected chi connectivity index (χ2v) is 3.75. The maximum atomic E-state index is 10.2. The fourth-order valence-electron chi connectivity index (χ4n) is 0.741. The molecule has 10 heteroatoms. The van der Waals surface area contributed by atoms with Crippen LogP contribution in [0.15, 0.2) is 6.07 Å². The fraction of sp³-hybridized carbons (Fsp3) is 0. The normalized spacial score (nSPS) is 8.88. The van der Waals surface area contributed by atoms with Crippen LogP contribution in [0.5, 0.6) is 5.75 Å². The van der Waals surface area contributed by atoms with Gasteiger partial charge in [-0.2, -0.15) is 0 Å². The molecule has 0 aliphatic rings. The zero-order valence-corrected chi connectivity index (χ0v) is 17.7. The van der Waals surface area contributed by atoms with E-state index in [4.69, 9.17) is 46.4 Å². The van der Waals surface area contributed by atoms with E-state index in [0.29, 0.717) is 0 Å². The third kappa shape index (κ3) is 6.26. The summed E-state index contributed by atoms with van der Waals surface area (Å²) in [7, 11) is -2.50. The third-order valence-corrected chi connectivity index (χ3v) is 3.03. The van der Waals surface area contributed by atoms with Crippen molar-refractivity contribution >= 4 is 53.7 Å². The Balaban J connectivity index is 0. The molecule has 0 saturated carbocycles. The molecule has 0 atom stereocenters. The Bertz CT molecular complexity index is 366. The van der Waals surface area contributed by atoms with E-state index in [1.807, 2.05) is 0 Å². The Morgan fingerprint density at radius 1 is 0.938 bits per heavy atom. The SMILES string of the molecule is [K+].[K+].[O-]B([O-])Oc1cc(Cl)c(Cl)c(Cl)c1Cl. The van der Waals surface area contributed by atoms with Gasteiger partial charge in [0, 0.05) is 6.07 Å². The molecule has 0 bridgehead atoms. The predicted octanol–water partition coefficient (Wildman–Crippen LogP) is -4.61. The molecule has 1 rings (SSSR count). The Hall–Kier alpha value is 3.44. The van der Waals surface area contributed by atoms with Crippen molar-refractivity contribution in [3.63, 3.8) is 0 Å². The van der Waals surface area contributed by atoms with Gasteiger partial charge in [0.2, 0.25) is 0 Å². The van der Waals surface area contributed by atoms with E-state index in [1.54, 1.807) is 0 Å². The second-order valence-electron chi connectivity index (χ2n) is 2.20. The summed E-state index contributed by atoms with van der Waals surface area (Å²) in [6.45, 7) is 0. The van der Waals surface area contributed by atoms with Crippen molar-refractivity contribution in [2.45, 2.75) is 0 Å². The van der Waals surface area contributed by atoms with Crippen LogP contribution < -0.4 is 117 Å². The van der Waals surface area contributed by atoms with Gasteiger partial charge < -0.3 is 14.7 Å². The summed E-state index contributed by atoms with van der Waals surface area (Å²) in [4.78, 5) is 0. The number of rotatable bonds is 2. The first-order valence-electron chi connectivity index (χ1n) is 3.24. The zero-order valence-electron chi connectivity index (χ0n) is 8.39. The summed E-state index contributed by atoms with van der Waals surface area (Å²) >= 11 is 22.5. The first-order chi connectivity index (χ1) is 6.43. The van der Waals surface area contributed by atoms with Gasteiger partial charge >= 0.3 is 103 Å². The van der Waals surface area contributed by atoms with Gasteiger partial charge in [0.25, 0.3) is 0 Å². The van der Waals surface area contributed by atoms with Crippen LogP contribution in [0.2, 0.25) is 20.1 Å². The summed E-state index contributed by atoms with van der Waals surface area (Å²) in [6.07, 6.45) is 0. The van der Waals surface area contributed by atoms with Crippen molar-refractivity contribution in [2.75, 3.05) is 0 Å². The molecular weight excluding hydrogens is 351 g/mol. The molecule has 0 unspecified atom stereocenters. The fourth-order valence-corrected chi connectivity index (χ4v) is 1.57. The summed E-state index contributed by atoms with van der Waals surface area (Å²) in [5.74, 6) is -0.180. The monoisotopic (exact) mass is 350 g/mol. The Labute approximate surface area is 198 Å². The smallest absolute Gasteiger partial charge is 0.860 e. The van der Waals surface area contributed by atoms with Crippen molar-refractivity contribution in [2.24, 2.45) is 0 Å². The van der Waals surface area contributed by atoms with Crippen LogP contribution in [0.4, 0.5) is 0 Å². The molecular formula is C6HBCl4K2O3. The van der Waals surface area contributed by atoms with E-state index < -0.39 is 7.32 Å². The molecule has 0 aromatic heterocycles. The summed E-state index contributed by atoms with van der Waals surface area (Å²) < 4.78 is 4.29. The maximum absolute atomic E-state index is 10.2. The average molecular weight is 352 g/mol. The van der Waals surface area contributed by atoms with Gasteiger partial charge in [-0.15, -0.1) is 0 Å². The van der Waals surface area contributed by atoms with Crippen LogP contribution in [0.25, 0.3) is 0 Å². The van der Waals surface area contributed by atoms with E-state index in [2.05, 4.69) is 4.65 Å². The number of halogens is 4. The van der Waals surface area contributed by atoms with Crippen LogP contribution in [-0.2, 0) is 0 Å². The van der Waals surface area contributed by atoms with Crippen molar-refractivity contribution < 1.29 is 117 Å². The topological polar surface area (TPSA) is 55.3 Å². The van der Waals surface area contributed by atoms with Crippen molar-refractivity contribution in [1.29, 1.82) is 0 Å². The summed E-state index contributed by atoms with van der Waals surface area (Å²) in [6, 6.07) is 1.15. The largest absolute Gasteiger partial charge is 1.00 e. The van der Waals surface area contributed by atoms with Crippen LogP contribution in [0, 0.1) is 0 Å². The van der Waals surface area contributed by atoms with E-state index >= 15 is 0 Å². The molecule has 0 heterocycles. The molecule has 0 fully saturated rings. The van der Waals surface area contributed by atoms with E-state index in [1.165, 1.54) is 0 Å². The van der Waals surface area contributed by atoms with E-state index in [-0.39, 0.29) is 129 Å². The first kappa shape index (κ1) is 21.7. The predicted molar refractivity (Wildman–Crippen MR) is 52.9 cm³/mol. The van der Waals surface area contributed by atoms with Gasteiger partial charge in [-0.1, -0.05) is 46.4 Å². The van der Waals surface area contributed by atoms with E-state index in [9.17, 15) is 10.0 Å². The minimum Gasteiger partial charge on any atom is -0.860 e. The average Bonchev–Trinajstić information content (AvgIpc) is 2.10. The maximum Gasteiger partial charge on any atom is 1.00 e. The van der Waals surface area contributed by atoms with Gasteiger partial charge in [0.15, 0.2) is 0 Å². The molecule has 0 radical (unpaired) electrons. The molecule has 76 valence electrons. The molecule has 0 aliphatic carbocycles. The number of benzene rings is 1. The molecule has 0 amide bonds. The van der Waals surface area contributed by atoms with E-state index in [0.717, 1.165) is 6.07 Å². The van der Waals surface area contributed by atoms with Crippen LogP contribution >= 0.6 is 46.4 Å². The summed E-state index contributed by atoms with van der Waals surface area (Å²) in [5, 5.41) is 20.3. The quantitative estimate of drug-likeness (QED) is 0.306. The molecule has 0 aliphatic heterocycles. The van der Waals surface area contributed by atoms with Crippen LogP contribution in [0.1, 0.15) is 0 Å². The molecule has 0 N–H and O–H groups in total. The number of hydrogen-bond donors (Lipinski definition) is 0. The first-order valence-corrected chi connectivity index (χ1v) is 4.76. The van der Waals surface area contributed by atoms with Gasteiger partial charge in [-0.05, 0) is 0 Å². The molecule has 3 nitrogen and oxygen atoms in total. The van der Waals surface area contributed by atoms with Gasteiger partial charge in [-0.3, -0.25) is 0 Å². The standard InChI is InChI=1S/C6HBCl4O3.2K/c8-2-1-3(14-7(12)13)5(10)6(11)4(2)9;;/h1H;;/q-2;2*+1. The van der Waals surface area contributed by atoms with Gasteiger partial charge in [0.1, 0.15) is 18.1 Å². The summed E-state index contributed by atoms with van der Waals surface area (Å²) in [5.41, 5.74) is 0. The number of hydrogen-bond acceptors (Lipinski definition) is 3. The van der Waals surface area contributed by atoms with Gasteiger partial charge in [0.05, 0.1) is 15.1 Å². The molecule has 16 heavy (non-hydrogen) atoms. The molecule has 0 spiro atoms. The second kappa shape index (κ2) is 10.2. The van der Waals surface area contributed by atoms with Crippen molar-refractivity contribution in [3.05, 3.63) is 26.2 Å². The minimum atomic E-state index is -2.50. The van der Waals surface area contributed by atoms with Crippen molar-refractivity contribution in [1.82, 2.24) is 0 Å². The Morgan fingerprint density at radius 2 is 1.44 bits per heavy atom. The molecule has 1 aromatic rings. The minimum absolute atomic E-state index is 0. The molecule has 0 saturated heterocycles. The third-order valence-electron chi connectivity index (χ3n) is 1.29. The van der Waals surface area contributed by atoms with Gasteiger partial charge in [-0.25, -0.2) is 0 Å². The Morgan fingerprint density at radius 3 is 1.88 bits per heavy atom. The molecule has 1 aromatic carbocycles. The Kier molecular flexibility index (Phi) is 13.9. The van der Waals surface area contributed by atoms with Crippen molar-refractivity contribution in [3.8, 4) is 5.75 Å². The van der Waals surface area contributed by atoms with Crippen LogP contribution in [0.3, 0.4) is 0 Å².